The second-order valence-electron chi connectivity index (χ2n) is 10.2. The Kier molecular flexibility index (Phi) is 4.83. The molecule has 0 saturated heterocycles. The molecule has 0 N–H and O–H groups in total. The summed E-state index contributed by atoms with van der Waals surface area (Å²) in [6.07, 6.45) is 1.62. The Labute approximate surface area is 227 Å². The van der Waals surface area contributed by atoms with Gasteiger partial charge >= 0.3 is 0 Å². The van der Waals surface area contributed by atoms with Crippen molar-refractivity contribution in [1.82, 2.24) is 19.9 Å². The number of rotatable bonds is 0. The molecule has 8 bridgehead atoms. The molecule has 5 heterocycles. The van der Waals surface area contributed by atoms with Crippen molar-refractivity contribution < 1.29 is 0 Å². The molecule has 4 aromatic heterocycles. The Balaban J connectivity index is 1.51. The fourth-order valence-electron chi connectivity index (χ4n) is 6.27. The fourth-order valence-corrected chi connectivity index (χ4v) is 6.27. The summed E-state index contributed by atoms with van der Waals surface area (Å²) in [5, 5.41) is 0. The van der Waals surface area contributed by atoms with E-state index in [1.54, 1.807) is 0 Å². The van der Waals surface area contributed by atoms with Gasteiger partial charge in [-0.1, -0.05) is 72.8 Å². The predicted octanol–water partition coefficient (Wildman–Crippen LogP) is 7.06. The highest BCUT2D eigenvalue weighted by Crippen LogP contribution is 2.55. The molecule has 1 aliphatic carbocycles. The van der Waals surface area contributed by atoms with Crippen LogP contribution >= 0.6 is 0 Å². The van der Waals surface area contributed by atoms with Gasteiger partial charge in [0.15, 0.2) is 0 Å². The maximum atomic E-state index is 5.35. The molecule has 0 amide bonds. The Morgan fingerprint density at radius 2 is 0.795 bits per heavy atom. The van der Waals surface area contributed by atoms with Crippen molar-refractivity contribution in [3.8, 4) is 33.9 Å². The van der Waals surface area contributed by atoms with Crippen molar-refractivity contribution >= 4 is 0 Å². The molecule has 39 heavy (non-hydrogen) atoms. The normalized spacial score (nSPS) is 14.2. The van der Waals surface area contributed by atoms with E-state index in [2.05, 4.69) is 121 Å². The minimum Gasteiger partial charge on any atom is -0.251 e. The first-order chi connectivity index (χ1) is 19.3. The van der Waals surface area contributed by atoms with E-state index in [0.717, 1.165) is 58.4 Å². The molecule has 0 saturated carbocycles. The molecular weight excluding hydrogens is 476 g/mol. The summed E-state index contributed by atoms with van der Waals surface area (Å²) in [5.74, 6) is 0. The first-order valence-electron chi connectivity index (χ1n) is 13.4. The van der Waals surface area contributed by atoms with E-state index < -0.39 is 5.41 Å². The highest BCUT2D eigenvalue weighted by Gasteiger charge is 2.48. The number of hydrogen-bond acceptors (Lipinski definition) is 4. The van der Waals surface area contributed by atoms with Gasteiger partial charge < -0.3 is 0 Å². The molecule has 0 fully saturated rings. The number of aromatic nitrogens is 4. The third-order valence-electron chi connectivity index (χ3n) is 7.99. The van der Waals surface area contributed by atoms with Gasteiger partial charge in [0.25, 0.3) is 0 Å². The third kappa shape index (κ3) is 3.31. The molecule has 1 aliphatic heterocycles. The van der Waals surface area contributed by atoms with E-state index in [4.69, 9.17) is 19.9 Å². The van der Waals surface area contributed by atoms with Crippen molar-refractivity contribution in [3.05, 3.63) is 155 Å². The quantitative estimate of drug-likeness (QED) is 0.224. The van der Waals surface area contributed by atoms with Crippen molar-refractivity contribution in [2.45, 2.75) is 18.3 Å². The summed E-state index contributed by atoms with van der Waals surface area (Å²) in [5.41, 5.74) is 11.5. The molecule has 0 radical (unpaired) electrons. The van der Waals surface area contributed by atoms with Gasteiger partial charge in [0.2, 0.25) is 0 Å². The van der Waals surface area contributed by atoms with E-state index in [-0.39, 0.29) is 0 Å². The minimum atomic E-state index is -0.686. The van der Waals surface area contributed by atoms with Crippen LogP contribution in [0.4, 0.5) is 0 Å². The number of nitrogens with zero attached hydrogens (tertiary/aromatic N) is 4. The first kappa shape index (κ1) is 22.1. The van der Waals surface area contributed by atoms with Crippen LogP contribution < -0.4 is 0 Å². The summed E-state index contributed by atoms with van der Waals surface area (Å²) in [6, 6.07) is 42.4. The Morgan fingerprint density at radius 1 is 0.385 bits per heavy atom. The number of benzene rings is 2. The fraction of sp³-hybridized carbons (Fsp3) is 0.0857. The van der Waals surface area contributed by atoms with Gasteiger partial charge in [0, 0.05) is 11.4 Å². The number of pyridine rings is 4. The van der Waals surface area contributed by atoms with Gasteiger partial charge in [0.05, 0.1) is 34.2 Å². The van der Waals surface area contributed by atoms with E-state index >= 15 is 0 Å². The monoisotopic (exact) mass is 500 g/mol. The number of fused-ring (bicyclic) bond motifs is 17. The van der Waals surface area contributed by atoms with Gasteiger partial charge in [-0.15, -0.1) is 0 Å². The lowest BCUT2D eigenvalue weighted by molar-refractivity contribution is 0.707. The molecule has 4 heteroatoms. The Bertz CT molecular complexity index is 1750. The van der Waals surface area contributed by atoms with Crippen LogP contribution in [0, 0.1) is 0 Å². The van der Waals surface area contributed by atoms with Crippen molar-refractivity contribution in [2.24, 2.45) is 0 Å². The van der Waals surface area contributed by atoms with Crippen LogP contribution in [0.3, 0.4) is 0 Å². The van der Waals surface area contributed by atoms with Crippen LogP contribution in [0.25, 0.3) is 33.9 Å². The van der Waals surface area contributed by atoms with Crippen molar-refractivity contribution in [1.29, 1.82) is 0 Å². The van der Waals surface area contributed by atoms with Crippen molar-refractivity contribution in [3.63, 3.8) is 0 Å². The molecule has 8 rings (SSSR count). The third-order valence-corrected chi connectivity index (χ3v) is 7.99. The SMILES string of the molecule is c1cc2nc(c1)-c1cccc(n1)C1(c3cccc(n3)-c3cccc(n3)CC2)c2ccccc2-c2ccccc21. The van der Waals surface area contributed by atoms with Crippen LogP contribution in [0.2, 0.25) is 0 Å². The lowest BCUT2D eigenvalue weighted by Crippen LogP contribution is -2.31. The zero-order valence-electron chi connectivity index (χ0n) is 21.3. The Hall–Kier alpha value is -4.96. The van der Waals surface area contributed by atoms with Crippen LogP contribution in [0.5, 0.6) is 0 Å². The van der Waals surface area contributed by atoms with Gasteiger partial charge in [-0.2, -0.15) is 0 Å². The molecule has 1 spiro atoms. The molecule has 6 aromatic rings. The average molecular weight is 501 g/mol. The molecule has 2 aliphatic rings. The van der Waals surface area contributed by atoms with Gasteiger partial charge in [0.1, 0.15) is 5.41 Å². The van der Waals surface area contributed by atoms with Crippen molar-refractivity contribution in [2.75, 3.05) is 0 Å². The lowest BCUT2D eigenvalue weighted by Gasteiger charge is -2.32. The maximum Gasteiger partial charge on any atom is 0.106 e. The minimum absolute atomic E-state index is 0.686. The Morgan fingerprint density at radius 3 is 1.28 bits per heavy atom. The zero-order valence-corrected chi connectivity index (χ0v) is 21.3. The van der Waals surface area contributed by atoms with Gasteiger partial charge in [-0.25, -0.2) is 9.97 Å². The van der Waals surface area contributed by atoms with E-state index in [1.165, 1.54) is 22.3 Å². The first-order valence-corrected chi connectivity index (χ1v) is 13.4. The van der Waals surface area contributed by atoms with Gasteiger partial charge in [-0.3, -0.25) is 9.97 Å². The topological polar surface area (TPSA) is 51.6 Å². The molecule has 4 nitrogen and oxygen atoms in total. The molecule has 184 valence electrons. The molecule has 0 atom stereocenters. The standard InChI is InChI=1S/C35H24N4/c1-3-13-27-25(11-1)26-12-2-4-14-28(26)35(27)33-19-7-17-31(38-33)29-15-5-9-23(36-29)21-22-24-10-6-16-30(37-24)32-18-8-20-34(35)39-32/h1-20H,21-22H2. The van der Waals surface area contributed by atoms with E-state index in [1.807, 2.05) is 0 Å². The average Bonchev–Trinajstić information content (AvgIpc) is 3.31. The summed E-state index contributed by atoms with van der Waals surface area (Å²) in [6.45, 7) is 0. The maximum absolute atomic E-state index is 5.35. The summed E-state index contributed by atoms with van der Waals surface area (Å²) in [7, 11) is 0. The lowest BCUT2D eigenvalue weighted by atomic mass is 9.72. The van der Waals surface area contributed by atoms with Crippen LogP contribution in [0.15, 0.2) is 121 Å². The predicted molar refractivity (Wildman–Crippen MR) is 153 cm³/mol. The smallest absolute Gasteiger partial charge is 0.106 e. The van der Waals surface area contributed by atoms with Crippen LogP contribution in [-0.2, 0) is 18.3 Å². The summed E-state index contributed by atoms with van der Waals surface area (Å²) in [4.78, 5) is 20.7. The zero-order chi connectivity index (χ0) is 25.8. The molecular formula is C35H24N4. The highest BCUT2D eigenvalue weighted by atomic mass is 14.9. The summed E-state index contributed by atoms with van der Waals surface area (Å²) >= 11 is 0. The highest BCUT2D eigenvalue weighted by molar-refractivity contribution is 5.85. The second kappa shape index (κ2) is 8.53. The second-order valence-corrected chi connectivity index (χ2v) is 10.2. The van der Waals surface area contributed by atoms with Crippen LogP contribution in [0.1, 0.15) is 33.9 Å². The van der Waals surface area contributed by atoms with E-state index in [0.29, 0.717) is 0 Å². The van der Waals surface area contributed by atoms with E-state index in [9.17, 15) is 0 Å². The van der Waals surface area contributed by atoms with Crippen LogP contribution in [-0.4, -0.2) is 19.9 Å². The number of aryl methyl sites for hydroxylation is 2. The molecule has 2 aromatic carbocycles. The largest absolute Gasteiger partial charge is 0.251 e. The summed E-state index contributed by atoms with van der Waals surface area (Å²) < 4.78 is 0. The molecule has 0 unspecified atom stereocenters. The van der Waals surface area contributed by atoms with Gasteiger partial charge in [-0.05, 0) is 83.6 Å². The number of hydrogen-bond donors (Lipinski definition) is 0.